The van der Waals surface area contributed by atoms with E-state index in [4.69, 9.17) is 0 Å². The third kappa shape index (κ3) is 1.81. The third-order valence-corrected chi connectivity index (χ3v) is 4.38. The number of aliphatic hydroxyl groups is 1. The minimum Gasteiger partial charge on any atom is -0.480 e. The molecule has 2 heterocycles. The molecule has 5 heteroatoms. The summed E-state index contributed by atoms with van der Waals surface area (Å²) < 4.78 is 0. The van der Waals surface area contributed by atoms with Gasteiger partial charge in [0.2, 0.25) is 0 Å². The second-order valence-electron chi connectivity index (χ2n) is 5.66. The molecular weight excluding hydrogens is 244 g/mol. The summed E-state index contributed by atoms with van der Waals surface area (Å²) in [5, 5.41) is 25.4. The van der Waals surface area contributed by atoms with Crippen LogP contribution in [0.25, 0.3) is 0 Å². The average Bonchev–Trinajstić information content (AvgIpc) is 2.78. The van der Waals surface area contributed by atoms with Crippen molar-refractivity contribution in [1.82, 2.24) is 5.32 Å². The largest absolute Gasteiger partial charge is 0.480 e. The summed E-state index contributed by atoms with van der Waals surface area (Å²) >= 11 is 0. The van der Waals surface area contributed by atoms with Crippen LogP contribution >= 0.6 is 0 Å². The van der Waals surface area contributed by atoms with Crippen molar-refractivity contribution in [2.24, 2.45) is 0 Å². The van der Waals surface area contributed by atoms with Gasteiger partial charge in [0.25, 0.3) is 0 Å². The number of para-hydroxylation sites is 1. The number of piperidine rings is 1. The number of aliphatic hydroxyl groups excluding tert-OH is 1. The molecule has 0 radical (unpaired) electrons. The first-order valence-corrected chi connectivity index (χ1v) is 6.52. The van der Waals surface area contributed by atoms with Crippen LogP contribution in [0.3, 0.4) is 0 Å². The van der Waals surface area contributed by atoms with Gasteiger partial charge in [-0.3, -0.25) is 10.1 Å². The van der Waals surface area contributed by atoms with Gasteiger partial charge in [-0.15, -0.1) is 0 Å². The number of carboxylic acid groups (broad SMARTS) is 1. The molecule has 5 nitrogen and oxygen atoms in total. The maximum absolute atomic E-state index is 11.3. The second kappa shape index (κ2) is 4.21. The van der Waals surface area contributed by atoms with Crippen molar-refractivity contribution in [2.45, 2.75) is 36.9 Å². The number of carboxylic acids is 1. The highest BCUT2D eigenvalue weighted by atomic mass is 16.4. The predicted molar refractivity (Wildman–Crippen MR) is 71.3 cm³/mol. The molecule has 4 atom stereocenters. The van der Waals surface area contributed by atoms with E-state index in [-0.39, 0.29) is 18.6 Å². The molecule has 0 aromatic heterocycles. The number of benzene rings is 1. The van der Waals surface area contributed by atoms with Gasteiger partial charge in [0, 0.05) is 11.6 Å². The lowest BCUT2D eigenvalue weighted by molar-refractivity contribution is -0.141. The summed E-state index contributed by atoms with van der Waals surface area (Å²) in [5.41, 5.74) is 1.57. The Labute approximate surface area is 111 Å². The van der Waals surface area contributed by atoms with E-state index in [0.717, 1.165) is 11.3 Å². The van der Waals surface area contributed by atoms with Crippen LogP contribution in [0.15, 0.2) is 24.3 Å². The molecule has 2 aliphatic heterocycles. The number of anilines is 1. The maximum Gasteiger partial charge on any atom is 0.320 e. The van der Waals surface area contributed by atoms with Crippen molar-refractivity contribution in [2.75, 3.05) is 11.9 Å². The summed E-state index contributed by atoms with van der Waals surface area (Å²) in [5.74, 6) is -0.738. The smallest absolute Gasteiger partial charge is 0.320 e. The van der Waals surface area contributed by atoms with Crippen LogP contribution in [-0.4, -0.2) is 40.4 Å². The standard InChI is InChI=1S/C14H18N2O3/c1-14(7-17)12-9(6-11(16-14)13(18)19)8-4-2-3-5-10(8)15-12/h2-5,9,11-12,15-17H,6-7H2,1H3,(H,18,19). The monoisotopic (exact) mass is 262 g/mol. The van der Waals surface area contributed by atoms with E-state index in [2.05, 4.69) is 10.6 Å². The molecule has 3 rings (SSSR count). The molecule has 1 aromatic rings. The van der Waals surface area contributed by atoms with Crippen LogP contribution in [0, 0.1) is 0 Å². The van der Waals surface area contributed by atoms with Crippen LogP contribution in [-0.2, 0) is 4.79 Å². The maximum atomic E-state index is 11.3. The molecule has 19 heavy (non-hydrogen) atoms. The quantitative estimate of drug-likeness (QED) is 0.632. The van der Waals surface area contributed by atoms with Crippen LogP contribution in [0.2, 0.25) is 0 Å². The number of hydrogen-bond acceptors (Lipinski definition) is 4. The number of fused-ring (bicyclic) bond motifs is 3. The van der Waals surface area contributed by atoms with Crippen LogP contribution in [0.1, 0.15) is 24.8 Å². The Morgan fingerprint density at radius 2 is 2.21 bits per heavy atom. The summed E-state index contributed by atoms with van der Waals surface area (Å²) in [4.78, 5) is 11.3. The highest BCUT2D eigenvalue weighted by Crippen LogP contribution is 2.45. The van der Waals surface area contributed by atoms with Crippen molar-refractivity contribution >= 4 is 11.7 Å². The van der Waals surface area contributed by atoms with Crippen LogP contribution in [0.5, 0.6) is 0 Å². The zero-order valence-corrected chi connectivity index (χ0v) is 10.8. The van der Waals surface area contributed by atoms with Gasteiger partial charge in [0.05, 0.1) is 18.2 Å². The average molecular weight is 262 g/mol. The molecule has 0 saturated carbocycles. The summed E-state index contributed by atoms with van der Waals surface area (Å²) in [7, 11) is 0. The zero-order valence-electron chi connectivity index (χ0n) is 10.8. The Hall–Kier alpha value is -1.59. The fraction of sp³-hybridized carbons (Fsp3) is 0.500. The van der Waals surface area contributed by atoms with Gasteiger partial charge in [-0.25, -0.2) is 0 Å². The van der Waals surface area contributed by atoms with Crippen molar-refractivity contribution in [3.05, 3.63) is 29.8 Å². The molecule has 1 aromatic carbocycles. The summed E-state index contributed by atoms with van der Waals surface area (Å²) in [6, 6.07) is 7.37. The van der Waals surface area contributed by atoms with E-state index in [1.54, 1.807) is 0 Å². The van der Waals surface area contributed by atoms with Crippen molar-refractivity contribution in [3.8, 4) is 0 Å². The Morgan fingerprint density at radius 3 is 2.89 bits per heavy atom. The van der Waals surface area contributed by atoms with Gasteiger partial charge >= 0.3 is 5.97 Å². The van der Waals surface area contributed by atoms with Crippen LogP contribution < -0.4 is 10.6 Å². The van der Waals surface area contributed by atoms with Crippen molar-refractivity contribution in [3.63, 3.8) is 0 Å². The topological polar surface area (TPSA) is 81.6 Å². The number of nitrogens with one attached hydrogen (secondary N) is 2. The van der Waals surface area contributed by atoms with Gasteiger partial charge in [-0.2, -0.15) is 0 Å². The summed E-state index contributed by atoms with van der Waals surface area (Å²) in [6.07, 6.45) is 0.541. The highest BCUT2D eigenvalue weighted by molar-refractivity contribution is 5.75. The van der Waals surface area contributed by atoms with Crippen molar-refractivity contribution < 1.29 is 15.0 Å². The Morgan fingerprint density at radius 1 is 1.47 bits per heavy atom. The second-order valence-corrected chi connectivity index (χ2v) is 5.66. The van der Waals surface area contributed by atoms with E-state index in [9.17, 15) is 15.0 Å². The lowest BCUT2D eigenvalue weighted by Gasteiger charge is -2.45. The first kappa shape index (κ1) is 12.4. The number of carbonyl (C=O) groups is 1. The van der Waals surface area contributed by atoms with Gasteiger partial charge < -0.3 is 15.5 Å². The lowest BCUT2D eigenvalue weighted by atomic mass is 9.75. The Balaban J connectivity index is 2.01. The molecule has 1 fully saturated rings. The first-order valence-electron chi connectivity index (χ1n) is 6.52. The highest BCUT2D eigenvalue weighted by Gasteiger charge is 2.50. The normalized spacial score (nSPS) is 36.2. The molecular formula is C14H18N2O3. The molecule has 1 saturated heterocycles. The van der Waals surface area contributed by atoms with Gasteiger partial charge in [0.1, 0.15) is 6.04 Å². The number of aliphatic carboxylic acids is 1. The SMILES string of the molecule is CC1(CO)NC(C(=O)O)CC2c3ccccc3NC21. The van der Waals surface area contributed by atoms with E-state index < -0.39 is 17.6 Å². The molecule has 4 N–H and O–H groups in total. The molecule has 102 valence electrons. The number of rotatable bonds is 2. The van der Waals surface area contributed by atoms with E-state index in [1.807, 2.05) is 31.2 Å². The Kier molecular flexibility index (Phi) is 2.76. The van der Waals surface area contributed by atoms with Crippen molar-refractivity contribution in [1.29, 1.82) is 0 Å². The molecule has 4 unspecified atom stereocenters. The van der Waals surface area contributed by atoms with Crippen LogP contribution in [0.4, 0.5) is 5.69 Å². The molecule has 0 amide bonds. The molecule has 0 aliphatic carbocycles. The minimum absolute atomic E-state index is 0.0190. The molecule has 0 bridgehead atoms. The van der Waals surface area contributed by atoms with Gasteiger partial charge in [-0.1, -0.05) is 18.2 Å². The fourth-order valence-corrected chi connectivity index (χ4v) is 3.37. The van der Waals surface area contributed by atoms with E-state index in [0.29, 0.717) is 6.42 Å². The predicted octanol–water partition coefficient (Wildman–Crippen LogP) is 0.762. The Bertz CT molecular complexity index is 519. The fourth-order valence-electron chi connectivity index (χ4n) is 3.37. The van der Waals surface area contributed by atoms with E-state index in [1.165, 1.54) is 0 Å². The minimum atomic E-state index is -0.859. The zero-order chi connectivity index (χ0) is 13.6. The summed E-state index contributed by atoms with van der Waals surface area (Å²) in [6.45, 7) is 1.78. The van der Waals surface area contributed by atoms with E-state index >= 15 is 0 Å². The van der Waals surface area contributed by atoms with Gasteiger partial charge in [0.15, 0.2) is 0 Å². The number of hydrogen-bond donors (Lipinski definition) is 4. The lowest BCUT2D eigenvalue weighted by Crippen LogP contribution is -2.66. The van der Waals surface area contributed by atoms with Gasteiger partial charge in [-0.05, 0) is 25.0 Å². The molecule has 2 aliphatic rings. The first-order chi connectivity index (χ1) is 9.05. The molecule has 0 spiro atoms. The third-order valence-electron chi connectivity index (χ3n) is 4.38.